The molecule has 0 fully saturated rings. The van der Waals surface area contributed by atoms with Crippen LogP contribution in [-0.2, 0) is 16.1 Å². The predicted molar refractivity (Wildman–Crippen MR) is 86.0 cm³/mol. The van der Waals surface area contributed by atoms with Crippen molar-refractivity contribution in [1.82, 2.24) is 4.90 Å². The Labute approximate surface area is 138 Å². The Morgan fingerprint density at radius 2 is 1.96 bits per heavy atom. The van der Waals surface area contributed by atoms with E-state index < -0.39 is 17.8 Å². The van der Waals surface area contributed by atoms with Crippen molar-refractivity contribution in [3.05, 3.63) is 70.3 Å². The quantitative estimate of drug-likeness (QED) is 0.842. The lowest BCUT2D eigenvalue weighted by Gasteiger charge is -2.15. The zero-order valence-electron chi connectivity index (χ0n) is 12.4. The molecule has 1 aliphatic rings. The molecule has 1 aromatic carbocycles. The Morgan fingerprint density at radius 1 is 1.30 bits per heavy atom. The minimum Gasteiger partial charge on any atom is -0.478 e. The molecule has 6 heteroatoms. The number of carbonyl (C=O) groups excluding carboxylic acids is 2. The smallest absolute Gasteiger partial charge is 0.337 e. The number of nitrogens with zero attached hydrogens (tertiary/aromatic N) is 1. The summed E-state index contributed by atoms with van der Waals surface area (Å²) in [5.74, 6) is -2.06. The van der Waals surface area contributed by atoms with Crippen molar-refractivity contribution in [3.63, 3.8) is 0 Å². The number of imide groups is 1. The largest absolute Gasteiger partial charge is 0.478 e. The van der Waals surface area contributed by atoms with Crippen molar-refractivity contribution in [2.75, 3.05) is 0 Å². The Morgan fingerprint density at radius 3 is 2.52 bits per heavy atom. The van der Waals surface area contributed by atoms with Crippen molar-refractivity contribution < 1.29 is 19.5 Å². The van der Waals surface area contributed by atoms with Crippen molar-refractivity contribution in [1.29, 1.82) is 0 Å². The van der Waals surface area contributed by atoms with E-state index in [-0.39, 0.29) is 28.3 Å². The molecule has 0 atom stereocenters. The van der Waals surface area contributed by atoms with Crippen molar-refractivity contribution in [2.24, 2.45) is 0 Å². The molecule has 1 aromatic rings. The van der Waals surface area contributed by atoms with Crippen LogP contribution in [0.25, 0.3) is 0 Å². The number of aromatic carboxylic acids is 1. The Hall–Kier alpha value is -2.66. The third kappa shape index (κ3) is 3.10. The fraction of sp³-hybridized carbons (Fsp3) is 0.118. The third-order valence-electron chi connectivity index (χ3n) is 3.38. The lowest BCUT2D eigenvalue weighted by Crippen LogP contribution is -2.31. The van der Waals surface area contributed by atoms with Crippen molar-refractivity contribution in [3.8, 4) is 0 Å². The molecule has 1 N–H and O–H groups in total. The number of carboxylic acid groups (broad SMARTS) is 1. The lowest BCUT2D eigenvalue weighted by atomic mass is 10.1. The second kappa shape index (κ2) is 6.62. The molecule has 118 valence electrons. The van der Waals surface area contributed by atoms with Crippen LogP contribution < -0.4 is 0 Å². The van der Waals surface area contributed by atoms with Gasteiger partial charge in [0.25, 0.3) is 11.8 Å². The van der Waals surface area contributed by atoms with Gasteiger partial charge in [-0.05, 0) is 24.6 Å². The summed E-state index contributed by atoms with van der Waals surface area (Å²) in [6, 6.07) is 4.36. The van der Waals surface area contributed by atoms with E-state index in [0.717, 1.165) is 4.90 Å². The summed E-state index contributed by atoms with van der Waals surface area (Å²) in [6.45, 7) is 5.27. The topological polar surface area (TPSA) is 74.7 Å². The van der Waals surface area contributed by atoms with Gasteiger partial charge in [0.2, 0.25) is 0 Å². The molecule has 0 bridgehead atoms. The molecule has 1 heterocycles. The second-order valence-electron chi connectivity index (χ2n) is 4.85. The van der Waals surface area contributed by atoms with E-state index >= 15 is 0 Å². The van der Waals surface area contributed by atoms with Crippen LogP contribution in [0.3, 0.4) is 0 Å². The minimum atomic E-state index is -1.17. The Kier molecular flexibility index (Phi) is 4.81. The number of halogens is 1. The van der Waals surface area contributed by atoms with Crippen molar-refractivity contribution in [2.45, 2.75) is 13.5 Å². The van der Waals surface area contributed by atoms with Gasteiger partial charge in [0.15, 0.2) is 0 Å². The maximum atomic E-state index is 12.4. The van der Waals surface area contributed by atoms with Crippen LogP contribution in [0.15, 0.2) is 54.2 Å². The summed E-state index contributed by atoms with van der Waals surface area (Å²) >= 11 is 5.82. The standard InChI is InChI=1S/C17H14ClNO4/c1-3-5-12-11(4-2)15(20)19(16(12)21)9-10-6-7-14(18)13(8-10)17(22)23/h3-8H,2,9H2,1H3,(H,22,23)/b5-3-. The van der Waals surface area contributed by atoms with Gasteiger partial charge in [-0.2, -0.15) is 0 Å². The highest BCUT2D eigenvalue weighted by Crippen LogP contribution is 2.26. The number of carbonyl (C=O) groups is 3. The van der Waals surface area contributed by atoms with Gasteiger partial charge in [-0.25, -0.2) is 4.79 Å². The molecule has 2 amide bonds. The fourth-order valence-electron chi connectivity index (χ4n) is 2.30. The summed E-state index contributed by atoms with van der Waals surface area (Å²) in [6.07, 6.45) is 4.57. The zero-order valence-corrected chi connectivity index (χ0v) is 13.1. The molecule has 5 nitrogen and oxygen atoms in total. The first kappa shape index (κ1) is 16.7. The number of rotatable bonds is 5. The van der Waals surface area contributed by atoms with E-state index in [9.17, 15) is 14.4 Å². The van der Waals surface area contributed by atoms with Gasteiger partial charge in [0.05, 0.1) is 28.3 Å². The second-order valence-corrected chi connectivity index (χ2v) is 5.25. The molecule has 0 unspecified atom stereocenters. The van der Waals surface area contributed by atoms with Crippen molar-refractivity contribution >= 4 is 29.4 Å². The molecule has 0 spiro atoms. The van der Waals surface area contributed by atoms with Crippen LogP contribution in [0.5, 0.6) is 0 Å². The van der Waals surface area contributed by atoms with Gasteiger partial charge in [-0.3, -0.25) is 14.5 Å². The Balaban J connectivity index is 2.34. The molecule has 0 saturated carbocycles. The number of carboxylic acids is 1. The van der Waals surface area contributed by atoms with E-state index in [0.29, 0.717) is 5.56 Å². The highest BCUT2D eigenvalue weighted by Gasteiger charge is 2.35. The van der Waals surface area contributed by atoms with Gasteiger partial charge < -0.3 is 5.11 Å². The highest BCUT2D eigenvalue weighted by molar-refractivity contribution is 6.33. The summed E-state index contributed by atoms with van der Waals surface area (Å²) in [4.78, 5) is 36.9. The third-order valence-corrected chi connectivity index (χ3v) is 3.71. The number of allylic oxidation sites excluding steroid dienone is 1. The van der Waals surface area contributed by atoms with E-state index in [4.69, 9.17) is 16.7 Å². The maximum Gasteiger partial charge on any atom is 0.337 e. The van der Waals surface area contributed by atoms with Crippen LogP contribution in [0.4, 0.5) is 0 Å². The summed E-state index contributed by atoms with van der Waals surface area (Å²) < 4.78 is 0. The molecular formula is C17H14ClNO4. The van der Waals surface area contributed by atoms with Crippen LogP contribution in [0, 0.1) is 0 Å². The van der Waals surface area contributed by atoms with Gasteiger partial charge in [0.1, 0.15) is 0 Å². The van der Waals surface area contributed by atoms with Crippen LogP contribution in [0.2, 0.25) is 5.02 Å². The monoisotopic (exact) mass is 331 g/mol. The normalized spacial score (nSPS) is 15.0. The number of hydrogen-bond acceptors (Lipinski definition) is 3. The molecule has 0 radical (unpaired) electrons. The van der Waals surface area contributed by atoms with E-state index in [1.807, 2.05) is 0 Å². The fourth-order valence-corrected chi connectivity index (χ4v) is 2.50. The first-order chi connectivity index (χ1) is 10.9. The van der Waals surface area contributed by atoms with E-state index in [1.54, 1.807) is 25.1 Å². The summed E-state index contributed by atoms with van der Waals surface area (Å²) in [7, 11) is 0. The lowest BCUT2D eigenvalue weighted by molar-refractivity contribution is -0.138. The maximum absolute atomic E-state index is 12.4. The summed E-state index contributed by atoms with van der Waals surface area (Å²) in [5.41, 5.74) is 0.938. The molecule has 23 heavy (non-hydrogen) atoms. The predicted octanol–water partition coefficient (Wildman–Crippen LogP) is 2.97. The average molecular weight is 332 g/mol. The first-order valence-electron chi connectivity index (χ1n) is 6.78. The average Bonchev–Trinajstić information content (AvgIpc) is 2.73. The van der Waals surface area contributed by atoms with Gasteiger partial charge in [0, 0.05) is 0 Å². The molecule has 2 rings (SSSR count). The zero-order chi connectivity index (χ0) is 17.1. The van der Waals surface area contributed by atoms with Gasteiger partial charge >= 0.3 is 5.97 Å². The van der Waals surface area contributed by atoms with E-state index in [2.05, 4.69) is 6.58 Å². The van der Waals surface area contributed by atoms with E-state index in [1.165, 1.54) is 18.2 Å². The van der Waals surface area contributed by atoms with Gasteiger partial charge in [-0.15, -0.1) is 0 Å². The first-order valence-corrected chi connectivity index (χ1v) is 7.15. The molecular weight excluding hydrogens is 318 g/mol. The molecule has 0 aromatic heterocycles. The number of hydrogen-bond donors (Lipinski definition) is 1. The summed E-state index contributed by atoms with van der Waals surface area (Å²) in [5, 5.41) is 9.18. The molecule has 0 saturated heterocycles. The van der Waals surface area contributed by atoms with Gasteiger partial charge in [-0.1, -0.05) is 42.5 Å². The highest BCUT2D eigenvalue weighted by atomic mass is 35.5. The SMILES string of the molecule is C=CC1=C(/C=C\C)C(=O)N(Cc2ccc(Cl)c(C(=O)O)c2)C1=O. The Bertz CT molecular complexity index is 777. The van der Waals surface area contributed by atoms with Crippen LogP contribution >= 0.6 is 11.6 Å². The number of benzene rings is 1. The number of amides is 2. The molecule has 1 aliphatic heterocycles. The minimum absolute atomic E-state index is 0.0342. The van der Waals surface area contributed by atoms with Crippen LogP contribution in [0.1, 0.15) is 22.8 Å². The molecule has 0 aliphatic carbocycles. The van der Waals surface area contributed by atoms with Crippen LogP contribution in [-0.4, -0.2) is 27.8 Å².